The number of benzene rings is 1. The van der Waals surface area contributed by atoms with Crippen molar-refractivity contribution in [2.75, 3.05) is 5.75 Å². The van der Waals surface area contributed by atoms with Gasteiger partial charge in [-0.2, -0.15) is 0 Å². The molecule has 5 nitrogen and oxygen atoms in total. The van der Waals surface area contributed by atoms with E-state index in [1.807, 2.05) is 42.5 Å². The first kappa shape index (κ1) is 16.4. The van der Waals surface area contributed by atoms with Crippen LogP contribution in [-0.4, -0.2) is 19.2 Å². The first-order valence-electron chi connectivity index (χ1n) is 7.61. The van der Waals surface area contributed by atoms with Gasteiger partial charge in [0.15, 0.2) is 0 Å². The fourth-order valence-corrected chi connectivity index (χ4v) is 3.36. The third kappa shape index (κ3) is 4.53. The summed E-state index contributed by atoms with van der Waals surface area (Å²) in [4.78, 5) is 4.14. The molecule has 24 heavy (non-hydrogen) atoms. The Bertz CT molecular complexity index is 876. The highest BCUT2D eigenvalue weighted by Crippen LogP contribution is 2.19. The maximum absolute atomic E-state index is 12.1. The van der Waals surface area contributed by atoms with Gasteiger partial charge < -0.3 is 4.42 Å². The van der Waals surface area contributed by atoms with E-state index in [9.17, 15) is 8.42 Å². The summed E-state index contributed by atoms with van der Waals surface area (Å²) in [5.74, 6) is 0.763. The molecule has 0 saturated carbocycles. The van der Waals surface area contributed by atoms with Crippen molar-refractivity contribution in [2.45, 2.75) is 13.0 Å². The minimum absolute atomic E-state index is 0.0579. The van der Waals surface area contributed by atoms with E-state index in [1.165, 1.54) is 0 Å². The predicted molar refractivity (Wildman–Crippen MR) is 92.7 cm³/mol. The summed E-state index contributed by atoms with van der Waals surface area (Å²) >= 11 is 0. The molecule has 1 N–H and O–H groups in total. The maximum atomic E-state index is 12.1. The number of hydrogen-bond donors (Lipinski definition) is 1. The first-order valence-corrected chi connectivity index (χ1v) is 9.27. The molecule has 0 atom stereocenters. The van der Waals surface area contributed by atoms with Crippen molar-refractivity contribution in [3.8, 4) is 11.3 Å². The molecule has 1 aromatic carbocycles. The number of hydrogen-bond acceptors (Lipinski definition) is 4. The van der Waals surface area contributed by atoms with E-state index < -0.39 is 10.0 Å². The van der Waals surface area contributed by atoms with Gasteiger partial charge in [-0.3, -0.25) is 4.98 Å². The fraction of sp³-hybridized carbons (Fsp3) is 0.167. The van der Waals surface area contributed by atoms with E-state index in [2.05, 4.69) is 9.71 Å². The second-order valence-electron chi connectivity index (χ2n) is 5.43. The monoisotopic (exact) mass is 342 g/mol. The smallest absolute Gasteiger partial charge is 0.212 e. The topological polar surface area (TPSA) is 72.2 Å². The highest BCUT2D eigenvalue weighted by atomic mass is 32.2. The highest BCUT2D eigenvalue weighted by Gasteiger charge is 2.11. The van der Waals surface area contributed by atoms with Crippen LogP contribution in [0.1, 0.15) is 11.1 Å². The highest BCUT2D eigenvalue weighted by molar-refractivity contribution is 7.89. The van der Waals surface area contributed by atoms with Crippen molar-refractivity contribution in [3.63, 3.8) is 0 Å². The molecule has 3 aromatic rings. The molecule has 0 radical (unpaired) electrons. The molecule has 0 unspecified atom stereocenters. The standard InChI is InChI=1S/C18H18N2O3S/c21-24(22,10-8-15-5-2-1-3-6-15)20-13-16-11-17(14-19-12-16)18-7-4-9-23-18/h1-7,9,11-12,14,20H,8,10,13H2. The zero-order valence-electron chi connectivity index (χ0n) is 13.1. The van der Waals surface area contributed by atoms with Crippen molar-refractivity contribution in [3.05, 3.63) is 78.3 Å². The van der Waals surface area contributed by atoms with Crippen LogP contribution in [0.5, 0.6) is 0 Å². The van der Waals surface area contributed by atoms with E-state index in [4.69, 9.17) is 4.42 Å². The van der Waals surface area contributed by atoms with Crippen LogP contribution >= 0.6 is 0 Å². The number of pyridine rings is 1. The van der Waals surface area contributed by atoms with Gasteiger partial charge in [-0.1, -0.05) is 30.3 Å². The molecular weight excluding hydrogens is 324 g/mol. The Morgan fingerprint density at radius 2 is 1.83 bits per heavy atom. The molecule has 0 aliphatic carbocycles. The van der Waals surface area contributed by atoms with Crippen LogP contribution in [0.3, 0.4) is 0 Å². The Morgan fingerprint density at radius 1 is 1.00 bits per heavy atom. The third-order valence-corrected chi connectivity index (χ3v) is 4.92. The number of rotatable bonds is 7. The Morgan fingerprint density at radius 3 is 2.58 bits per heavy atom. The molecule has 2 heterocycles. The number of nitrogens with one attached hydrogen (secondary N) is 1. The van der Waals surface area contributed by atoms with Crippen molar-refractivity contribution >= 4 is 10.0 Å². The second-order valence-corrected chi connectivity index (χ2v) is 7.36. The first-order chi connectivity index (χ1) is 11.6. The van der Waals surface area contributed by atoms with Crippen molar-refractivity contribution in [2.24, 2.45) is 0 Å². The van der Waals surface area contributed by atoms with Gasteiger partial charge >= 0.3 is 0 Å². The zero-order chi connectivity index (χ0) is 16.8. The Balaban J connectivity index is 1.59. The molecule has 6 heteroatoms. The number of aromatic nitrogens is 1. The summed E-state index contributed by atoms with van der Waals surface area (Å²) in [6, 6.07) is 15.1. The van der Waals surface area contributed by atoms with Crippen molar-refractivity contribution in [1.29, 1.82) is 0 Å². The number of furan rings is 1. The molecule has 0 amide bonds. The largest absolute Gasteiger partial charge is 0.464 e. The molecule has 124 valence electrons. The van der Waals surface area contributed by atoms with E-state index in [0.717, 1.165) is 16.7 Å². The molecular formula is C18H18N2O3S. The van der Waals surface area contributed by atoms with Crippen molar-refractivity contribution < 1.29 is 12.8 Å². The molecule has 0 bridgehead atoms. The van der Waals surface area contributed by atoms with Gasteiger partial charge in [0.2, 0.25) is 10.0 Å². The summed E-state index contributed by atoms with van der Waals surface area (Å²) in [6.07, 6.45) is 5.41. The Labute approximate surface area is 141 Å². The summed E-state index contributed by atoms with van der Waals surface area (Å²) < 4.78 is 32.2. The predicted octanol–water partition coefficient (Wildman–Crippen LogP) is 3.00. The minimum Gasteiger partial charge on any atom is -0.464 e. The van der Waals surface area contributed by atoms with Gasteiger partial charge in [-0.25, -0.2) is 13.1 Å². The second kappa shape index (κ2) is 7.42. The number of aryl methyl sites for hydroxylation is 1. The van der Waals surface area contributed by atoms with Crippen LogP contribution in [0.15, 0.2) is 71.6 Å². The summed E-state index contributed by atoms with van der Waals surface area (Å²) in [5.41, 5.74) is 2.61. The molecule has 2 aromatic heterocycles. The number of nitrogens with zero attached hydrogens (tertiary/aromatic N) is 1. The van der Waals surface area contributed by atoms with Gasteiger partial charge in [0.1, 0.15) is 5.76 Å². The van der Waals surface area contributed by atoms with Crippen LogP contribution in [0.2, 0.25) is 0 Å². The van der Waals surface area contributed by atoms with Gasteiger partial charge in [0.25, 0.3) is 0 Å². The van der Waals surface area contributed by atoms with E-state index in [1.54, 1.807) is 24.7 Å². The average molecular weight is 342 g/mol. The van der Waals surface area contributed by atoms with Crippen LogP contribution in [0.25, 0.3) is 11.3 Å². The maximum Gasteiger partial charge on any atom is 0.212 e. The van der Waals surface area contributed by atoms with Gasteiger partial charge in [0.05, 0.1) is 12.0 Å². The normalized spacial score (nSPS) is 11.5. The summed E-state index contributed by atoms with van der Waals surface area (Å²) in [6.45, 7) is 0.207. The minimum atomic E-state index is -3.35. The molecule has 0 saturated heterocycles. The molecule has 0 fully saturated rings. The lowest BCUT2D eigenvalue weighted by Crippen LogP contribution is -2.26. The quantitative estimate of drug-likeness (QED) is 0.716. The Hall–Kier alpha value is -2.44. The van der Waals surface area contributed by atoms with Crippen LogP contribution in [-0.2, 0) is 23.0 Å². The zero-order valence-corrected chi connectivity index (χ0v) is 13.9. The van der Waals surface area contributed by atoms with E-state index >= 15 is 0 Å². The average Bonchev–Trinajstić information content (AvgIpc) is 3.14. The van der Waals surface area contributed by atoms with Crippen LogP contribution < -0.4 is 4.72 Å². The third-order valence-electron chi connectivity index (χ3n) is 3.60. The van der Waals surface area contributed by atoms with Gasteiger partial charge in [0, 0.05) is 24.5 Å². The van der Waals surface area contributed by atoms with Gasteiger partial charge in [-0.15, -0.1) is 0 Å². The molecule has 0 spiro atoms. The lowest BCUT2D eigenvalue weighted by atomic mass is 10.2. The summed E-state index contributed by atoms with van der Waals surface area (Å²) in [7, 11) is -3.35. The SMILES string of the molecule is O=S(=O)(CCc1ccccc1)NCc1cncc(-c2ccco2)c1. The lowest BCUT2D eigenvalue weighted by molar-refractivity contribution is 0.580. The van der Waals surface area contributed by atoms with Crippen LogP contribution in [0.4, 0.5) is 0 Å². The summed E-state index contributed by atoms with van der Waals surface area (Å²) in [5, 5.41) is 0. The van der Waals surface area contributed by atoms with Crippen molar-refractivity contribution in [1.82, 2.24) is 9.71 Å². The Kier molecular flexibility index (Phi) is 5.08. The van der Waals surface area contributed by atoms with Gasteiger partial charge in [-0.05, 0) is 35.7 Å². The molecule has 0 aliphatic heterocycles. The number of sulfonamides is 1. The van der Waals surface area contributed by atoms with E-state index in [-0.39, 0.29) is 12.3 Å². The lowest BCUT2D eigenvalue weighted by Gasteiger charge is -2.07. The fourth-order valence-electron chi connectivity index (χ4n) is 2.32. The van der Waals surface area contributed by atoms with Crippen LogP contribution in [0, 0.1) is 0 Å². The van der Waals surface area contributed by atoms with E-state index in [0.29, 0.717) is 12.2 Å². The molecule has 3 rings (SSSR count). The molecule has 0 aliphatic rings.